The fourth-order valence-electron chi connectivity index (χ4n) is 4.02. The summed E-state index contributed by atoms with van der Waals surface area (Å²) in [6.07, 6.45) is -0.486. The van der Waals surface area contributed by atoms with E-state index in [2.05, 4.69) is 34.5 Å². The van der Waals surface area contributed by atoms with E-state index in [0.29, 0.717) is 18.0 Å². The van der Waals surface area contributed by atoms with Gasteiger partial charge in [-0.3, -0.25) is 14.6 Å². The number of carbonyl (C=O) groups is 2. The van der Waals surface area contributed by atoms with Gasteiger partial charge in [-0.15, -0.1) is 11.8 Å². The van der Waals surface area contributed by atoms with Crippen molar-refractivity contribution in [2.45, 2.75) is 56.7 Å². The molecule has 2 aliphatic heterocycles. The quantitative estimate of drug-likeness (QED) is 0.709. The number of carbonyl (C=O) groups excluding carboxylic acids is 2. The van der Waals surface area contributed by atoms with Crippen molar-refractivity contribution in [2.75, 3.05) is 6.54 Å². The molecule has 2 unspecified atom stereocenters. The highest BCUT2D eigenvalue weighted by Gasteiger charge is 2.39. The van der Waals surface area contributed by atoms with Crippen LogP contribution in [0, 0.1) is 6.92 Å². The maximum atomic E-state index is 12.9. The monoisotopic (exact) mass is 442 g/mol. The molecule has 1 saturated heterocycles. The lowest BCUT2D eigenvalue weighted by Gasteiger charge is -2.23. The number of aliphatic hydroxyl groups excluding tert-OH is 1. The summed E-state index contributed by atoms with van der Waals surface area (Å²) < 4.78 is 5.11. The standard InChI is InChI=1S/C22H26N4O4S/c1-13-6-18(30-25-13)9-20(28)26-11-17(27)8-19(26)22(29)23-10-15-4-3-5-16(7-15)21-14(2)24-12-31-21/h3-7,12,14,17,19,21,27H,8-11H2,1-2H3,(H,23,29)/t14?,17-,19+,21?/m1/s1. The minimum absolute atomic E-state index is 0.0126. The van der Waals surface area contributed by atoms with Crippen LogP contribution in [0.1, 0.15) is 41.2 Å². The minimum Gasteiger partial charge on any atom is -0.391 e. The summed E-state index contributed by atoms with van der Waals surface area (Å²) in [7, 11) is 0. The summed E-state index contributed by atoms with van der Waals surface area (Å²) in [4.78, 5) is 31.4. The predicted octanol–water partition coefficient (Wildman–Crippen LogP) is 2.01. The minimum atomic E-state index is -0.722. The van der Waals surface area contributed by atoms with Gasteiger partial charge in [0.2, 0.25) is 11.8 Å². The second kappa shape index (κ2) is 9.23. The second-order valence-electron chi connectivity index (χ2n) is 8.08. The first-order valence-corrected chi connectivity index (χ1v) is 11.3. The normalized spacial score (nSPS) is 25.2. The summed E-state index contributed by atoms with van der Waals surface area (Å²) in [5.74, 6) is -0.0825. The molecule has 0 bridgehead atoms. The average molecular weight is 443 g/mol. The van der Waals surface area contributed by atoms with Gasteiger partial charge in [0, 0.05) is 25.6 Å². The Kier molecular flexibility index (Phi) is 6.43. The summed E-state index contributed by atoms with van der Waals surface area (Å²) in [6.45, 7) is 4.36. The Bertz CT molecular complexity index is 991. The summed E-state index contributed by atoms with van der Waals surface area (Å²) in [5.41, 5.74) is 4.75. The van der Waals surface area contributed by atoms with E-state index in [0.717, 1.165) is 5.56 Å². The van der Waals surface area contributed by atoms with Gasteiger partial charge in [0.05, 0.1) is 35.1 Å². The van der Waals surface area contributed by atoms with E-state index in [9.17, 15) is 14.7 Å². The number of amides is 2. The highest BCUT2D eigenvalue weighted by Crippen LogP contribution is 2.36. The molecule has 2 aromatic rings. The van der Waals surface area contributed by atoms with Gasteiger partial charge in [-0.1, -0.05) is 29.4 Å². The molecule has 0 radical (unpaired) electrons. The molecule has 31 heavy (non-hydrogen) atoms. The van der Waals surface area contributed by atoms with E-state index < -0.39 is 12.1 Å². The number of β-amino-alcohol motifs (C(OH)–C–C–N with tert-alkyl or cyclic N) is 1. The van der Waals surface area contributed by atoms with E-state index in [-0.39, 0.29) is 42.5 Å². The third kappa shape index (κ3) is 4.99. The molecule has 2 N–H and O–H groups in total. The van der Waals surface area contributed by atoms with Gasteiger partial charge in [-0.25, -0.2) is 0 Å². The number of nitrogens with zero attached hydrogens (tertiary/aromatic N) is 3. The van der Waals surface area contributed by atoms with Crippen LogP contribution in [0.25, 0.3) is 0 Å². The van der Waals surface area contributed by atoms with Crippen molar-refractivity contribution < 1.29 is 19.2 Å². The summed E-state index contributed by atoms with van der Waals surface area (Å²) >= 11 is 1.70. The number of nitrogens with one attached hydrogen (secondary N) is 1. The van der Waals surface area contributed by atoms with Crippen LogP contribution in [0.3, 0.4) is 0 Å². The van der Waals surface area contributed by atoms with Crippen molar-refractivity contribution in [3.8, 4) is 0 Å². The summed E-state index contributed by atoms with van der Waals surface area (Å²) in [6, 6.07) is 9.33. The van der Waals surface area contributed by atoms with E-state index in [1.54, 1.807) is 24.8 Å². The Balaban J connectivity index is 1.37. The third-order valence-corrected chi connectivity index (χ3v) is 6.79. The van der Waals surface area contributed by atoms with Crippen LogP contribution in [0.4, 0.5) is 0 Å². The molecule has 1 aromatic heterocycles. The van der Waals surface area contributed by atoms with Crippen LogP contribution in [0.2, 0.25) is 0 Å². The van der Waals surface area contributed by atoms with E-state index in [4.69, 9.17) is 4.52 Å². The Morgan fingerprint density at radius 2 is 2.19 bits per heavy atom. The van der Waals surface area contributed by atoms with Crippen LogP contribution in [0.5, 0.6) is 0 Å². The van der Waals surface area contributed by atoms with Gasteiger partial charge in [-0.05, 0) is 25.0 Å². The molecule has 0 aliphatic carbocycles. The number of hydrogen-bond donors (Lipinski definition) is 2. The van der Waals surface area contributed by atoms with Crippen LogP contribution in [0.15, 0.2) is 39.8 Å². The number of likely N-dealkylation sites (tertiary alicyclic amines) is 1. The first-order chi connectivity index (χ1) is 14.9. The molecule has 9 heteroatoms. The van der Waals surface area contributed by atoms with Gasteiger partial charge in [0.15, 0.2) is 0 Å². The van der Waals surface area contributed by atoms with E-state index in [1.807, 2.05) is 17.7 Å². The average Bonchev–Trinajstić information content (AvgIpc) is 3.46. The van der Waals surface area contributed by atoms with Crippen LogP contribution in [-0.4, -0.2) is 57.3 Å². The fraction of sp³-hybridized carbons (Fsp3) is 0.455. The van der Waals surface area contributed by atoms with Gasteiger partial charge >= 0.3 is 0 Å². The molecule has 2 aliphatic rings. The Morgan fingerprint density at radius 3 is 2.90 bits per heavy atom. The number of benzene rings is 1. The van der Waals surface area contributed by atoms with Gasteiger partial charge in [0.1, 0.15) is 11.8 Å². The Labute approximate surface area is 185 Å². The molecule has 3 heterocycles. The maximum absolute atomic E-state index is 12.9. The Hall–Kier alpha value is -2.65. The number of rotatable bonds is 6. The molecule has 4 atom stereocenters. The molecule has 4 rings (SSSR count). The third-order valence-electron chi connectivity index (χ3n) is 5.59. The number of aliphatic hydroxyl groups is 1. The van der Waals surface area contributed by atoms with Crippen LogP contribution < -0.4 is 5.32 Å². The zero-order valence-corrected chi connectivity index (χ0v) is 18.3. The van der Waals surface area contributed by atoms with Gasteiger partial charge < -0.3 is 19.8 Å². The first kappa shape index (κ1) is 21.6. The van der Waals surface area contributed by atoms with Crippen LogP contribution >= 0.6 is 11.8 Å². The Morgan fingerprint density at radius 1 is 1.35 bits per heavy atom. The lowest BCUT2D eigenvalue weighted by atomic mass is 10.0. The molecule has 8 nitrogen and oxygen atoms in total. The van der Waals surface area contributed by atoms with Crippen molar-refractivity contribution >= 4 is 29.1 Å². The number of aromatic nitrogens is 1. The number of hydrogen-bond acceptors (Lipinski definition) is 7. The van der Waals surface area contributed by atoms with Crippen molar-refractivity contribution in [3.63, 3.8) is 0 Å². The first-order valence-electron chi connectivity index (χ1n) is 10.3. The summed E-state index contributed by atoms with van der Waals surface area (Å²) in [5, 5.41) is 17.1. The fourth-order valence-corrected chi connectivity index (χ4v) is 5.02. The molecule has 1 aromatic carbocycles. The zero-order chi connectivity index (χ0) is 22.0. The van der Waals surface area contributed by atoms with Gasteiger partial charge in [0.25, 0.3) is 0 Å². The molecular formula is C22H26N4O4S. The maximum Gasteiger partial charge on any atom is 0.243 e. The number of aryl methyl sites for hydroxylation is 1. The smallest absolute Gasteiger partial charge is 0.243 e. The largest absolute Gasteiger partial charge is 0.391 e. The highest BCUT2D eigenvalue weighted by atomic mass is 32.2. The van der Waals surface area contributed by atoms with Crippen molar-refractivity contribution in [1.82, 2.24) is 15.4 Å². The number of aliphatic imine (C=N–C) groups is 1. The molecule has 0 spiro atoms. The molecule has 2 amide bonds. The molecule has 1 fully saturated rings. The molecule has 0 saturated carbocycles. The SMILES string of the molecule is Cc1cc(CC(=O)N2C[C@H](O)C[C@H]2C(=O)NCc2cccc(C3SC=NC3C)c2)on1. The lowest BCUT2D eigenvalue weighted by molar-refractivity contribution is -0.138. The molecular weight excluding hydrogens is 416 g/mol. The predicted molar refractivity (Wildman–Crippen MR) is 118 cm³/mol. The van der Waals surface area contributed by atoms with E-state index >= 15 is 0 Å². The van der Waals surface area contributed by atoms with Crippen molar-refractivity contribution in [3.05, 3.63) is 52.9 Å². The topological polar surface area (TPSA) is 108 Å². The highest BCUT2D eigenvalue weighted by molar-refractivity contribution is 8.12. The van der Waals surface area contributed by atoms with Crippen LogP contribution in [-0.2, 0) is 22.6 Å². The van der Waals surface area contributed by atoms with E-state index in [1.165, 1.54) is 10.5 Å². The number of thioether (sulfide) groups is 1. The lowest BCUT2D eigenvalue weighted by Crippen LogP contribution is -2.46. The van der Waals surface area contributed by atoms with Gasteiger partial charge in [-0.2, -0.15) is 0 Å². The van der Waals surface area contributed by atoms with Crippen molar-refractivity contribution in [2.24, 2.45) is 4.99 Å². The zero-order valence-electron chi connectivity index (χ0n) is 17.5. The van der Waals surface area contributed by atoms with Crippen molar-refractivity contribution in [1.29, 1.82) is 0 Å². The molecule has 164 valence electrons. The second-order valence-corrected chi connectivity index (χ2v) is 9.07.